The van der Waals surface area contributed by atoms with Gasteiger partial charge in [0.15, 0.2) is 0 Å². The fraction of sp³-hybridized carbons (Fsp3) is 0.781. The lowest BCUT2D eigenvalue weighted by atomic mass is 9.41. The van der Waals surface area contributed by atoms with Crippen LogP contribution in [0.15, 0.2) is 29.2 Å². The molecule has 248 valence electrons. The Bertz CT molecular complexity index is 1310. The first-order valence-electron chi connectivity index (χ1n) is 16.0. The number of carbonyl (C=O) groups is 1. The smallest absolute Gasteiger partial charge is 0.406 e. The Morgan fingerprint density at radius 3 is 2.30 bits per heavy atom. The second-order valence-electron chi connectivity index (χ2n) is 14.4. The number of carbonyl (C=O) groups excluding carboxylic acids is 1. The Hall–Kier alpha value is -2.05. The molecule has 0 spiro atoms. The Kier molecular flexibility index (Phi) is 9.05. The zero-order valence-electron chi connectivity index (χ0n) is 25.9. The van der Waals surface area contributed by atoms with E-state index in [1.807, 2.05) is 4.72 Å². The summed E-state index contributed by atoms with van der Waals surface area (Å²) in [4.78, 5) is 12.3. The third kappa shape index (κ3) is 6.07. The van der Waals surface area contributed by atoms with Crippen molar-refractivity contribution in [1.29, 1.82) is 0 Å². The molecule has 5 rings (SSSR count). The maximum Gasteiger partial charge on any atom is 0.573 e. The van der Waals surface area contributed by atoms with Crippen LogP contribution in [0.2, 0.25) is 0 Å². The minimum absolute atomic E-state index is 0.0122. The molecule has 44 heavy (non-hydrogen) atoms. The second kappa shape index (κ2) is 12.0. The fourth-order valence-corrected chi connectivity index (χ4v) is 11.3. The molecule has 0 heterocycles. The Balaban J connectivity index is 1.22. The Morgan fingerprint density at radius 2 is 1.66 bits per heavy atom. The van der Waals surface area contributed by atoms with Crippen LogP contribution in [0.4, 0.5) is 18.0 Å². The number of urea groups is 1. The highest BCUT2D eigenvalue weighted by molar-refractivity contribution is 7.90. The van der Waals surface area contributed by atoms with Gasteiger partial charge in [0, 0.05) is 6.54 Å². The number of ether oxygens (including phenoxy) is 1. The van der Waals surface area contributed by atoms with Gasteiger partial charge in [0.05, 0.1) is 17.1 Å². The minimum atomic E-state index is -4.90. The van der Waals surface area contributed by atoms with Crippen molar-refractivity contribution in [2.75, 3.05) is 6.54 Å². The zero-order valence-corrected chi connectivity index (χ0v) is 26.8. The number of sulfonamides is 1. The lowest BCUT2D eigenvalue weighted by Crippen LogP contribution is -2.62. The van der Waals surface area contributed by atoms with Crippen LogP contribution in [0.1, 0.15) is 79.1 Å². The second-order valence-corrected chi connectivity index (χ2v) is 16.1. The number of aliphatic hydroxyl groups is 2. The number of benzene rings is 1. The summed E-state index contributed by atoms with van der Waals surface area (Å²) in [5, 5.41) is 25.1. The van der Waals surface area contributed by atoms with E-state index in [4.69, 9.17) is 0 Å². The highest BCUT2D eigenvalue weighted by Gasteiger charge is 2.64. The van der Waals surface area contributed by atoms with Gasteiger partial charge in [-0.15, -0.1) is 13.2 Å². The summed E-state index contributed by atoms with van der Waals surface area (Å²) in [6.45, 7) is 9.24. The average Bonchev–Trinajstić information content (AvgIpc) is 3.29. The molecule has 12 heteroatoms. The Morgan fingerprint density at radius 1 is 1.02 bits per heavy atom. The molecular weight excluding hydrogens is 597 g/mol. The van der Waals surface area contributed by atoms with Gasteiger partial charge in [-0.05, 0) is 121 Å². The van der Waals surface area contributed by atoms with Crippen molar-refractivity contribution in [3.63, 3.8) is 0 Å². The molecule has 4 aliphatic carbocycles. The van der Waals surface area contributed by atoms with Crippen molar-refractivity contribution >= 4 is 16.1 Å². The van der Waals surface area contributed by atoms with Gasteiger partial charge in [0.1, 0.15) is 5.75 Å². The average molecular weight is 645 g/mol. The first kappa shape index (κ1) is 33.3. The summed E-state index contributed by atoms with van der Waals surface area (Å²) >= 11 is 0. The monoisotopic (exact) mass is 644 g/mol. The van der Waals surface area contributed by atoms with Crippen LogP contribution in [0.5, 0.6) is 5.75 Å². The number of aliphatic hydroxyl groups excluding tert-OH is 2. The van der Waals surface area contributed by atoms with Gasteiger partial charge in [0.25, 0.3) is 10.0 Å². The molecule has 0 radical (unpaired) electrons. The van der Waals surface area contributed by atoms with Crippen LogP contribution < -0.4 is 14.8 Å². The standard InChI is InChI=1S/C32H47F3N2O6S/c1-5-22-26-16-19(38)12-14-31(26,4)25-13-15-30(3)23(10-11-24(30)27(25)28(22)39)18(2)17-36-29(40)37-44(41,42)21-8-6-20(7-9-21)43-32(33,34)35/h6-9,18-19,22-28,38-39H,5,10-17H2,1-4H3,(H2,36,37,40)/t18-,19-,22-,23?,24+,25?,26?,27+,28-,30-,31?/m1/s1. The fourth-order valence-electron chi connectivity index (χ4n) is 10.4. The first-order chi connectivity index (χ1) is 20.5. The Labute approximate surface area is 258 Å². The van der Waals surface area contributed by atoms with Crippen molar-refractivity contribution in [2.24, 2.45) is 52.3 Å². The number of amides is 2. The molecule has 0 aliphatic heterocycles. The van der Waals surface area contributed by atoms with Gasteiger partial charge in [-0.25, -0.2) is 17.9 Å². The van der Waals surface area contributed by atoms with Gasteiger partial charge < -0.3 is 20.3 Å². The van der Waals surface area contributed by atoms with Gasteiger partial charge in [-0.2, -0.15) is 0 Å². The first-order valence-corrected chi connectivity index (χ1v) is 17.5. The van der Waals surface area contributed by atoms with E-state index < -0.39 is 34.3 Å². The molecule has 4 fully saturated rings. The van der Waals surface area contributed by atoms with Crippen molar-refractivity contribution in [2.45, 2.75) is 103 Å². The molecule has 0 aromatic heterocycles. The number of hydrogen-bond acceptors (Lipinski definition) is 6. The summed E-state index contributed by atoms with van der Waals surface area (Å²) in [5.41, 5.74) is 0.105. The summed E-state index contributed by atoms with van der Waals surface area (Å²) < 4.78 is 68.3. The molecule has 8 nitrogen and oxygen atoms in total. The van der Waals surface area contributed by atoms with Crippen LogP contribution in [0.25, 0.3) is 0 Å². The number of nitrogens with one attached hydrogen (secondary N) is 2. The van der Waals surface area contributed by atoms with E-state index in [-0.39, 0.29) is 52.0 Å². The zero-order chi connectivity index (χ0) is 32.2. The highest BCUT2D eigenvalue weighted by Crippen LogP contribution is 2.69. The van der Waals surface area contributed by atoms with E-state index in [2.05, 4.69) is 37.7 Å². The van der Waals surface area contributed by atoms with Crippen molar-refractivity contribution in [1.82, 2.24) is 10.0 Å². The maximum absolute atomic E-state index is 12.7. The third-order valence-corrected chi connectivity index (χ3v) is 13.7. The number of fused-ring (bicyclic) bond motifs is 5. The molecule has 11 atom stereocenters. The van der Waals surface area contributed by atoms with Crippen molar-refractivity contribution in [3.05, 3.63) is 24.3 Å². The number of rotatable bonds is 7. The highest BCUT2D eigenvalue weighted by atomic mass is 32.2. The largest absolute Gasteiger partial charge is 0.573 e. The van der Waals surface area contributed by atoms with Crippen LogP contribution in [-0.2, 0) is 10.0 Å². The molecule has 0 saturated heterocycles. The normalized spacial score (nSPS) is 39.4. The number of halogens is 3. The molecule has 4 aliphatic rings. The summed E-state index contributed by atoms with van der Waals surface area (Å²) in [7, 11) is -4.31. The SMILES string of the molecule is CC[C@@H]1C2C[C@H](O)CCC2(C)C2CC[C@]3(C)C([C@H](C)CNC(=O)NS(=O)(=O)c4ccc(OC(F)(F)F)cc4)CC[C@H]3[C@@H]2[C@@H]1O. The van der Waals surface area contributed by atoms with Crippen LogP contribution in [0, 0.1) is 52.3 Å². The van der Waals surface area contributed by atoms with E-state index in [1.165, 1.54) is 0 Å². The van der Waals surface area contributed by atoms with Gasteiger partial charge in [0.2, 0.25) is 0 Å². The van der Waals surface area contributed by atoms with E-state index in [0.29, 0.717) is 17.8 Å². The van der Waals surface area contributed by atoms with Crippen molar-refractivity contribution in [3.8, 4) is 5.75 Å². The molecule has 4 N–H and O–H groups in total. The predicted octanol–water partition coefficient (Wildman–Crippen LogP) is 5.84. The molecule has 4 unspecified atom stereocenters. The van der Waals surface area contributed by atoms with Gasteiger partial charge in [-0.1, -0.05) is 34.1 Å². The van der Waals surface area contributed by atoms with Gasteiger partial charge in [-0.3, -0.25) is 0 Å². The van der Waals surface area contributed by atoms with Crippen LogP contribution >= 0.6 is 0 Å². The van der Waals surface area contributed by atoms with Gasteiger partial charge >= 0.3 is 12.4 Å². The molecular formula is C32H47F3N2O6S. The van der Waals surface area contributed by atoms with Crippen LogP contribution in [-0.4, -0.2) is 49.8 Å². The van der Waals surface area contributed by atoms with E-state index in [9.17, 15) is 36.6 Å². The van der Waals surface area contributed by atoms with E-state index in [1.54, 1.807) is 0 Å². The lowest BCUT2D eigenvalue weighted by molar-refractivity contribution is -0.274. The maximum atomic E-state index is 12.7. The molecule has 1 aromatic rings. The van der Waals surface area contributed by atoms with E-state index in [0.717, 1.165) is 75.6 Å². The molecule has 2 amide bonds. The van der Waals surface area contributed by atoms with Crippen molar-refractivity contribution < 1.29 is 41.3 Å². The minimum Gasteiger partial charge on any atom is -0.406 e. The summed E-state index contributed by atoms with van der Waals surface area (Å²) in [5.74, 6) is 1.29. The molecule has 1 aromatic carbocycles. The predicted molar refractivity (Wildman–Crippen MR) is 158 cm³/mol. The summed E-state index contributed by atoms with van der Waals surface area (Å²) in [6.07, 6.45) is 1.98. The third-order valence-electron chi connectivity index (χ3n) is 12.3. The topological polar surface area (TPSA) is 125 Å². The molecule has 0 bridgehead atoms. The van der Waals surface area contributed by atoms with Crippen LogP contribution in [0.3, 0.4) is 0 Å². The quantitative estimate of drug-likeness (QED) is 0.296. The summed E-state index contributed by atoms with van der Waals surface area (Å²) in [6, 6.07) is 2.73. The molecule has 4 saturated carbocycles. The number of hydrogen-bond donors (Lipinski definition) is 4. The number of alkyl halides is 3. The van der Waals surface area contributed by atoms with E-state index >= 15 is 0 Å². The lowest BCUT2D eigenvalue weighted by Gasteiger charge is -2.64.